The monoisotopic (exact) mass is 235 g/mol. The molecular formula is C13H21N3O. The number of pyridine rings is 1. The average Bonchev–Trinajstić information content (AvgIpc) is 2.61. The van der Waals surface area contributed by atoms with E-state index < -0.39 is 0 Å². The molecule has 1 aliphatic rings. The second-order valence-corrected chi connectivity index (χ2v) is 4.43. The van der Waals surface area contributed by atoms with Crippen LogP contribution in [0, 0.1) is 0 Å². The standard InChI is InChI=1S/C13H21N3O/c1-14-9-12-3-4-13(15-10-12)11-16-5-2-7-17-8-6-16/h3-4,10,14H,2,5-9,11H2,1H3. The van der Waals surface area contributed by atoms with Crippen molar-refractivity contribution >= 4 is 0 Å². The summed E-state index contributed by atoms with van der Waals surface area (Å²) in [6, 6.07) is 4.27. The Bertz CT molecular complexity index is 318. The van der Waals surface area contributed by atoms with Crippen LogP contribution in [0.4, 0.5) is 0 Å². The first kappa shape index (κ1) is 12.5. The topological polar surface area (TPSA) is 37.4 Å². The number of hydrogen-bond donors (Lipinski definition) is 1. The van der Waals surface area contributed by atoms with E-state index in [9.17, 15) is 0 Å². The van der Waals surface area contributed by atoms with Gasteiger partial charge in [-0.05, 0) is 25.1 Å². The lowest BCUT2D eigenvalue weighted by atomic mass is 10.2. The van der Waals surface area contributed by atoms with Gasteiger partial charge in [0.25, 0.3) is 0 Å². The van der Waals surface area contributed by atoms with Gasteiger partial charge in [0, 0.05) is 39.0 Å². The molecule has 1 aromatic rings. The molecule has 0 unspecified atom stereocenters. The molecule has 4 nitrogen and oxygen atoms in total. The van der Waals surface area contributed by atoms with Gasteiger partial charge in [0.1, 0.15) is 0 Å². The molecule has 0 saturated carbocycles. The van der Waals surface area contributed by atoms with Crippen molar-refractivity contribution in [3.05, 3.63) is 29.6 Å². The summed E-state index contributed by atoms with van der Waals surface area (Å²) in [5.74, 6) is 0. The maximum Gasteiger partial charge on any atom is 0.0593 e. The number of ether oxygens (including phenoxy) is 1. The van der Waals surface area contributed by atoms with Crippen LogP contribution in [0.15, 0.2) is 18.3 Å². The third-order valence-electron chi connectivity index (χ3n) is 2.97. The van der Waals surface area contributed by atoms with E-state index >= 15 is 0 Å². The Hall–Kier alpha value is -0.970. The Morgan fingerprint density at radius 1 is 1.35 bits per heavy atom. The summed E-state index contributed by atoms with van der Waals surface area (Å²) >= 11 is 0. The Morgan fingerprint density at radius 2 is 2.29 bits per heavy atom. The Kier molecular flexibility index (Phi) is 4.91. The molecule has 0 bridgehead atoms. The third-order valence-corrected chi connectivity index (χ3v) is 2.97. The molecule has 94 valence electrons. The molecule has 2 rings (SSSR count). The van der Waals surface area contributed by atoms with E-state index in [-0.39, 0.29) is 0 Å². The SMILES string of the molecule is CNCc1ccc(CN2CCCOCC2)nc1. The fourth-order valence-electron chi connectivity index (χ4n) is 2.04. The Morgan fingerprint density at radius 3 is 3.06 bits per heavy atom. The number of aromatic nitrogens is 1. The van der Waals surface area contributed by atoms with Crippen LogP contribution in [-0.2, 0) is 17.8 Å². The molecule has 1 N–H and O–H groups in total. The molecule has 1 aromatic heterocycles. The first-order chi connectivity index (χ1) is 8.38. The minimum atomic E-state index is 0.845. The highest BCUT2D eigenvalue weighted by atomic mass is 16.5. The summed E-state index contributed by atoms with van der Waals surface area (Å²) in [7, 11) is 1.95. The van der Waals surface area contributed by atoms with Crippen molar-refractivity contribution in [2.24, 2.45) is 0 Å². The van der Waals surface area contributed by atoms with E-state index in [4.69, 9.17) is 4.74 Å². The van der Waals surface area contributed by atoms with Crippen molar-refractivity contribution in [1.82, 2.24) is 15.2 Å². The van der Waals surface area contributed by atoms with Gasteiger partial charge < -0.3 is 10.1 Å². The summed E-state index contributed by atoms with van der Waals surface area (Å²) < 4.78 is 5.44. The second-order valence-electron chi connectivity index (χ2n) is 4.43. The molecule has 17 heavy (non-hydrogen) atoms. The van der Waals surface area contributed by atoms with Crippen molar-refractivity contribution in [2.75, 3.05) is 33.4 Å². The molecule has 1 fully saturated rings. The van der Waals surface area contributed by atoms with E-state index in [0.717, 1.165) is 51.5 Å². The highest BCUT2D eigenvalue weighted by Gasteiger charge is 2.09. The maximum absolute atomic E-state index is 5.44. The molecule has 2 heterocycles. The number of rotatable bonds is 4. The zero-order valence-electron chi connectivity index (χ0n) is 10.5. The number of nitrogens with zero attached hydrogens (tertiary/aromatic N) is 2. The van der Waals surface area contributed by atoms with Crippen LogP contribution in [0.5, 0.6) is 0 Å². The van der Waals surface area contributed by atoms with Crippen LogP contribution in [0.2, 0.25) is 0 Å². The van der Waals surface area contributed by atoms with E-state index in [1.165, 1.54) is 5.56 Å². The van der Waals surface area contributed by atoms with Gasteiger partial charge in [-0.15, -0.1) is 0 Å². The molecule has 0 radical (unpaired) electrons. The van der Waals surface area contributed by atoms with Crippen LogP contribution >= 0.6 is 0 Å². The Balaban J connectivity index is 1.88. The van der Waals surface area contributed by atoms with Crippen molar-refractivity contribution < 1.29 is 4.74 Å². The quantitative estimate of drug-likeness (QED) is 0.845. The lowest BCUT2D eigenvalue weighted by Crippen LogP contribution is -2.26. The Labute approximate surface area is 103 Å². The molecular weight excluding hydrogens is 214 g/mol. The fraction of sp³-hybridized carbons (Fsp3) is 0.615. The van der Waals surface area contributed by atoms with Gasteiger partial charge in [0.05, 0.1) is 12.3 Å². The zero-order valence-corrected chi connectivity index (χ0v) is 10.5. The summed E-state index contributed by atoms with van der Waals surface area (Å²) in [4.78, 5) is 6.91. The van der Waals surface area contributed by atoms with Crippen LogP contribution < -0.4 is 5.32 Å². The molecule has 0 amide bonds. The first-order valence-electron chi connectivity index (χ1n) is 6.27. The molecule has 4 heteroatoms. The molecule has 1 aliphatic heterocycles. The van der Waals surface area contributed by atoms with Gasteiger partial charge >= 0.3 is 0 Å². The molecule has 0 aliphatic carbocycles. The van der Waals surface area contributed by atoms with Crippen molar-refractivity contribution in [3.63, 3.8) is 0 Å². The molecule has 0 aromatic carbocycles. The summed E-state index contributed by atoms with van der Waals surface area (Å²) in [6.07, 6.45) is 3.08. The minimum Gasteiger partial charge on any atom is -0.380 e. The van der Waals surface area contributed by atoms with E-state index in [0.29, 0.717) is 0 Å². The first-order valence-corrected chi connectivity index (χ1v) is 6.27. The smallest absolute Gasteiger partial charge is 0.0593 e. The van der Waals surface area contributed by atoms with Crippen LogP contribution in [-0.4, -0.2) is 43.2 Å². The van der Waals surface area contributed by atoms with Crippen molar-refractivity contribution in [2.45, 2.75) is 19.5 Å². The number of hydrogen-bond acceptors (Lipinski definition) is 4. The lowest BCUT2D eigenvalue weighted by Gasteiger charge is -2.18. The number of nitrogens with one attached hydrogen (secondary N) is 1. The summed E-state index contributed by atoms with van der Waals surface area (Å²) in [5, 5.41) is 3.13. The summed E-state index contributed by atoms with van der Waals surface area (Å²) in [5.41, 5.74) is 2.38. The lowest BCUT2D eigenvalue weighted by molar-refractivity contribution is 0.140. The predicted molar refractivity (Wildman–Crippen MR) is 67.7 cm³/mol. The van der Waals surface area contributed by atoms with Crippen LogP contribution in [0.25, 0.3) is 0 Å². The van der Waals surface area contributed by atoms with Gasteiger partial charge in [-0.25, -0.2) is 0 Å². The minimum absolute atomic E-state index is 0.845. The van der Waals surface area contributed by atoms with Crippen molar-refractivity contribution in [3.8, 4) is 0 Å². The zero-order chi connectivity index (χ0) is 11.9. The fourth-order valence-corrected chi connectivity index (χ4v) is 2.04. The van der Waals surface area contributed by atoms with Gasteiger partial charge in [0.15, 0.2) is 0 Å². The predicted octanol–water partition coefficient (Wildman–Crippen LogP) is 1.02. The highest BCUT2D eigenvalue weighted by molar-refractivity contribution is 5.13. The van der Waals surface area contributed by atoms with Gasteiger partial charge in [-0.2, -0.15) is 0 Å². The summed E-state index contributed by atoms with van der Waals surface area (Å²) in [6.45, 7) is 5.68. The van der Waals surface area contributed by atoms with Crippen molar-refractivity contribution in [1.29, 1.82) is 0 Å². The van der Waals surface area contributed by atoms with Crippen LogP contribution in [0.3, 0.4) is 0 Å². The molecule has 0 atom stereocenters. The van der Waals surface area contributed by atoms with Gasteiger partial charge in [-0.1, -0.05) is 6.07 Å². The highest BCUT2D eigenvalue weighted by Crippen LogP contribution is 2.06. The third kappa shape index (κ3) is 4.07. The van der Waals surface area contributed by atoms with Gasteiger partial charge in [0.2, 0.25) is 0 Å². The average molecular weight is 235 g/mol. The largest absolute Gasteiger partial charge is 0.380 e. The second kappa shape index (κ2) is 6.69. The molecule has 1 saturated heterocycles. The van der Waals surface area contributed by atoms with Gasteiger partial charge in [-0.3, -0.25) is 9.88 Å². The van der Waals surface area contributed by atoms with E-state index in [2.05, 4.69) is 27.3 Å². The maximum atomic E-state index is 5.44. The van der Waals surface area contributed by atoms with E-state index in [1.807, 2.05) is 13.2 Å². The molecule has 0 spiro atoms. The van der Waals surface area contributed by atoms with E-state index in [1.54, 1.807) is 0 Å². The normalized spacial score (nSPS) is 17.9. The van der Waals surface area contributed by atoms with Crippen LogP contribution in [0.1, 0.15) is 17.7 Å².